The fourth-order valence-corrected chi connectivity index (χ4v) is 4.75. The second-order valence-corrected chi connectivity index (χ2v) is 8.76. The molecule has 1 aliphatic heterocycles. The third kappa shape index (κ3) is 4.40. The number of nitrogens with zero attached hydrogens (tertiary/aromatic N) is 2. The van der Waals surface area contributed by atoms with E-state index in [0.29, 0.717) is 4.91 Å². The summed E-state index contributed by atoms with van der Waals surface area (Å²) >= 11 is 1.44. The number of anilines is 1. The number of amides is 1. The number of rotatable bonds is 6. The molecule has 1 aliphatic rings. The number of aromatic nitrogens is 1. The van der Waals surface area contributed by atoms with E-state index in [1.165, 1.54) is 23.4 Å². The summed E-state index contributed by atoms with van der Waals surface area (Å²) in [4.78, 5) is 23.9. The fraction of sp³-hybridized carbons (Fsp3) is 0.208. The Hall–Kier alpha value is -3.52. The lowest BCUT2D eigenvalue weighted by molar-refractivity contribution is -0.384. The maximum atomic E-state index is 12.6. The highest BCUT2D eigenvalue weighted by Gasteiger charge is 2.27. The minimum absolute atomic E-state index is 0.0431. The number of nitro groups is 1. The van der Waals surface area contributed by atoms with Crippen LogP contribution in [0.15, 0.2) is 59.5 Å². The van der Waals surface area contributed by atoms with Crippen molar-refractivity contribution in [2.24, 2.45) is 0 Å². The Bertz CT molecular complexity index is 1210. The lowest BCUT2D eigenvalue weighted by atomic mass is 10.1. The molecule has 8 heteroatoms. The van der Waals surface area contributed by atoms with Gasteiger partial charge in [0.15, 0.2) is 5.50 Å². The van der Waals surface area contributed by atoms with Crippen molar-refractivity contribution in [3.8, 4) is 5.69 Å². The number of hydrogen-bond acceptors (Lipinski definition) is 5. The van der Waals surface area contributed by atoms with Crippen molar-refractivity contribution in [2.75, 3.05) is 5.32 Å². The number of nitrogens with one attached hydrogen (secondary N) is 2. The van der Waals surface area contributed by atoms with Crippen LogP contribution in [0.5, 0.6) is 0 Å². The van der Waals surface area contributed by atoms with E-state index in [1.807, 2.05) is 48.8 Å². The van der Waals surface area contributed by atoms with Crippen molar-refractivity contribution in [1.29, 1.82) is 0 Å². The van der Waals surface area contributed by atoms with E-state index < -0.39 is 4.92 Å². The Labute approximate surface area is 190 Å². The molecule has 164 valence electrons. The highest BCUT2D eigenvalue weighted by Crippen LogP contribution is 2.32. The van der Waals surface area contributed by atoms with Crippen molar-refractivity contribution in [1.82, 2.24) is 9.88 Å². The Morgan fingerprint density at radius 3 is 2.62 bits per heavy atom. The summed E-state index contributed by atoms with van der Waals surface area (Å²) in [5.41, 5.74) is 5.47. The van der Waals surface area contributed by atoms with Crippen LogP contribution < -0.4 is 10.6 Å². The van der Waals surface area contributed by atoms with Gasteiger partial charge in [-0.2, -0.15) is 0 Å². The molecule has 2 N–H and O–H groups in total. The molecular weight excluding hydrogens is 424 g/mol. The summed E-state index contributed by atoms with van der Waals surface area (Å²) in [5.74, 6) is -0.127. The van der Waals surface area contributed by atoms with E-state index in [2.05, 4.69) is 29.7 Å². The van der Waals surface area contributed by atoms with Crippen LogP contribution in [0.3, 0.4) is 0 Å². The largest absolute Gasteiger partial charge is 0.357 e. The maximum Gasteiger partial charge on any atom is 0.271 e. The van der Waals surface area contributed by atoms with Gasteiger partial charge >= 0.3 is 0 Å². The van der Waals surface area contributed by atoms with Crippen LogP contribution in [0.4, 0.5) is 11.4 Å². The van der Waals surface area contributed by atoms with E-state index in [9.17, 15) is 14.9 Å². The number of nitro benzene ring substituents is 1. The molecule has 1 fully saturated rings. The molecule has 2 heterocycles. The first-order chi connectivity index (χ1) is 15.4. The first-order valence-corrected chi connectivity index (χ1v) is 11.2. The molecule has 0 unspecified atom stereocenters. The Balaban J connectivity index is 1.56. The molecule has 4 rings (SSSR count). The van der Waals surface area contributed by atoms with Crippen molar-refractivity contribution >= 4 is 35.1 Å². The third-order valence-electron chi connectivity index (χ3n) is 5.45. The average molecular weight is 449 g/mol. The lowest BCUT2D eigenvalue weighted by Crippen LogP contribution is -2.30. The highest BCUT2D eigenvalue weighted by atomic mass is 32.2. The number of benzene rings is 2. The van der Waals surface area contributed by atoms with Crippen LogP contribution >= 0.6 is 11.8 Å². The van der Waals surface area contributed by atoms with Crippen LogP contribution in [0.1, 0.15) is 29.4 Å². The van der Waals surface area contributed by atoms with Gasteiger partial charge in [-0.3, -0.25) is 14.9 Å². The number of thioether (sulfide) groups is 1. The van der Waals surface area contributed by atoms with E-state index >= 15 is 0 Å². The molecule has 32 heavy (non-hydrogen) atoms. The first kappa shape index (κ1) is 21.7. The zero-order valence-corrected chi connectivity index (χ0v) is 18.9. The predicted molar refractivity (Wildman–Crippen MR) is 129 cm³/mol. The standard InChI is InChI=1S/C24H24N4O3S/c1-4-17-8-10-19(11-9-17)25-24-26-23(29)22(32-24)13-18-12-15(2)27(16(18)3)20-6-5-7-21(14-20)28(30)31/h5-14,24-25H,4H2,1-3H3,(H,26,29)/b22-13-/t24-/m1/s1. The highest BCUT2D eigenvalue weighted by molar-refractivity contribution is 8.05. The van der Waals surface area contributed by atoms with Gasteiger partial charge in [-0.15, -0.1) is 0 Å². The van der Waals surface area contributed by atoms with Crippen LogP contribution in [0, 0.1) is 24.0 Å². The normalized spacial score (nSPS) is 16.9. The summed E-state index contributed by atoms with van der Waals surface area (Å²) in [7, 11) is 0. The van der Waals surface area contributed by atoms with Gasteiger partial charge in [0.05, 0.1) is 15.5 Å². The summed E-state index contributed by atoms with van der Waals surface area (Å²) in [6.45, 7) is 6.00. The Kier molecular flexibility index (Phi) is 6.05. The van der Waals surface area contributed by atoms with Crippen LogP contribution in [-0.4, -0.2) is 20.9 Å². The quantitative estimate of drug-likeness (QED) is 0.309. The van der Waals surface area contributed by atoms with Gasteiger partial charge in [0, 0.05) is 29.2 Å². The number of non-ortho nitro benzene ring substituents is 1. The maximum absolute atomic E-state index is 12.6. The zero-order chi connectivity index (χ0) is 22.8. The smallest absolute Gasteiger partial charge is 0.271 e. The van der Waals surface area contributed by atoms with Crippen molar-refractivity contribution in [3.05, 3.63) is 92.1 Å². The topological polar surface area (TPSA) is 89.2 Å². The Morgan fingerprint density at radius 2 is 1.94 bits per heavy atom. The van der Waals surface area contributed by atoms with Gasteiger partial charge < -0.3 is 15.2 Å². The number of carbonyl (C=O) groups excluding carboxylic acids is 1. The summed E-state index contributed by atoms with van der Waals surface area (Å²) in [6, 6.07) is 16.7. The van der Waals surface area contributed by atoms with E-state index in [-0.39, 0.29) is 17.1 Å². The minimum atomic E-state index is -0.400. The van der Waals surface area contributed by atoms with Crippen molar-refractivity contribution in [3.63, 3.8) is 0 Å². The minimum Gasteiger partial charge on any atom is -0.357 e. The molecule has 0 spiro atoms. The molecule has 0 aliphatic carbocycles. The average Bonchev–Trinajstić information content (AvgIpc) is 3.26. The van der Waals surface area contributed by atoms with E-state index in [0.717, 1.165) is 34.7 Å². The molecule has 3 aromatic rings. The first-order valence-electron chi connectivity index (χ1n) is 10.3. The zero-order valence-electron chi connectivity index (χ0n) is 18.1. The second kappa shape index (κ2) is 8.92. The third-order valence-corrected chi connectivity index (χ3v) is 6.47. The molecule has 1 atom stereocenters. The molecule has 2 aromatic carbocycles. The monoisotopic (exact) mass is 448 g/mol. The Morgan fingerprint density at radius 1 is 1.19 bits per heavy atom. The van der Waals surface area contributed by atoms with Gasteiger partial charge in [-0.1, -0.05) is 36.9 Å². The number of carbonyl (C=O) groups is 1. The van der Waals surface area contributed by atoms with Gasteiger partial charge in [-0.25, -0.2) is 0 Å². The lowest BCUT2D eigenvalue weighted by Gasteiger charge is -2.12. The van der Waals surface area contributed by atoms with Gasteiger partial charge in [0.1, 0.15) is 0 Å². The number of aryl methyl sites for hydroxylation is 2. The van der Waals surface area contributed by atoms with Gasteiger partial charge in [0.2, 0.25) is 0 Å². The molecule has 7 nitrogen and oxygen atoms in total. The molecule has 1 aromatic heterocycles. The summed E-state index contributed by atoms with van der Waals surface area (Å²) in [6.07, 6.45) is 2.86. The van der Waals surface area contributed by atoms with Crippen LogP contribution in [0.2, 0.25) is 0 Å². The molecule has 1 saturated heterocycles. The molecule has 0 radical (unpaired) electrons. The summed E-state index contributed by atoms with van der Waals surface area (Å²) in [5, 5.41) is 17.4. The van der Waals surface area contributed by atoms with E-state index in [1.54, 1.807) is 12.1 Å². The molecule has 0 bridgehead atoms. The van der Waals surface area contributed by atoms with Crippen molar-refractivity contribution < 1.29 is 9.72 Å². The number of hydrogen-bond donors (Lipinski definition) is 2. The van der Waals surface area contributed by atoms with Crippen LogP contribution in [-0.2, 0) is 11.2 Å². The van der Waals surface area contributed by atoms with Gasteiger partial charge in [0.25, 0.3) is 11.6 Å². The molecule has 0 saturated carbocycles. The van der Waals surface area contributed by atoms with Crippen molar-refractivity contribution in [2.45, 2.75) is 32.7 Å². The second-order valence-electron chi connectivity index (χ2n) is 7.61. The van der Waals surface area contributed by atoms with Crippen LogP contribution in [0.25, 0.3) is 11.8 Å². The molecular formula is C24H24N4O3S. The predicted octanol–water partition coefficient (Wildman–Crippen LogP) is 5.16. The van der Waals surface area contributed by atoms with E-state index in [4.69, 9.17) is 0 Å². The SMILES string of the molecule is CCc1ccc(N[C@@H]2NC(=O)/C(=C/c3cc(C)n(-c4cccc([N+](=O)[O-])c4)c3C)S2)cc1. The summed E-state index contributed by atoms with van der Waals surface area (Å²) < 4.78 is 1.96. The van der Waals surface area contributed by atoms with Gasteiger partial charge in [-0.05, 0) is 61.7 Å². The fourth-order valence-electron chi connectivity index (χ4n) is 3.77. The molecule has 1 amide bonds.